The second-order valence-corrected chi connectivity index (χ2v) is 5.90. The van der Waals surface area contributed by atoms with Gasteiger partial charge in [-0.2, -0.15) is 0 Å². The molecule has 1 unspecified atom stereocenters. The Kier molecular flexibility index (Phi) is 5.48. The maximum absolute atomic E-state index is 13.3. The van der Waals surface area contributed by atoms with Crippen LogP contribution in [0, 0.1) is 18.6 Å². The van der Waals surface area contributed by atoms with Crippen molar-refractivity contribution < 1.29 is 8.78 Å². The number of hydrogen-bond acceptors (Lipinski definition) is 1. The number of rotatable bonds is 5. The maximum Gasteiger partial charge on any atom is 0.126 e. The van der Waals surface area contributed by atoms with Gasteiger partial charge in [0.05, 0.1) is 0 Å². The fourth-order valence-electron chi connectivity index (χ4n) is 2.50. The Bertz CT molecular complexity index is 608. The first-order valence-corrected chi connectivity index (χ1v) is 7.74. The molecule has 0 aliphatic rings. The highest BCUT2D eigenvalue weighted by Gasteiger charge is 2.15. The summed E-state index contributed by atoms with van der Waals surface area (Å²) in [4.78, 5) is 0. The lowest BCUT2D eigenvalue weighted by molar-refractivity contribution is 0.537. The van der Waals surface area contributed by atoms with Crippen LogP contribution in [0.5, 0.6) is 0 Å². The zero-order chi connectivity index (χ0) is 15.4. The number of halogens is 3. The van der Waals surface area contributed by atoms with E-state index >= 15 is 0 Å². The molecule has 1 N–H and O–H groups in total. The number of nitrogens with one attached hydrogen (secondary N) is 1. The fraction of sp³-hybridized carbons (Fsp3) is 0.294. The van der Waals surface area contributed by atoms with Crippen LogP contribution in [0.4, 0.5) is 8.78 Å². The quantitative estimate of drug-likeness (QED) is 0.803. The summed E-state index contributed by atoms with van der Waals surface area (Å²) in [5.74, 6) is -1.07. The summed E-state index contributed by atoms with van der Waals surface area (Å²) >= 11 is 3.53. The Labute approximate surface area is 132 Å². The van der Waals surface area contributed by atoms with Gasteiger partial charge in [0.25, 0.3) is 0 Å². The zero-order valence-electron chi connectivity index (χ0n) is 12.1. The Morgan fingerprint density at radius 3 is 2.43 bits per heavy atom. The summed E-state index contributed by atoms with van der Waals surface area (Å²) in [6, 6.07) is 9.71. The van der Waals surface area contributed by atoms with Gasteiger partial charge in [-0.05, 0) is 54.8 Å². The zero-order valence-corrected chi connectivity index (χ0v) is 13.7. The molecular weight excluding hydrogens is 336 g/mol. The molecule has 0 heterocycles. The van der Waals surface area contributed by atoms with Gasteiger partial charge in [0.1, 0.15) is 11.6 Å². The molecule has 2 aromatic carbocycles. The highest BCUT2D eigenvalue weighted by atomic mass is 79.9. The van der Waals surface area contributed by atoms with Crippen molar-refractivity contribution >= 4 is 15.9 Å². The van der Waals surface area contributed by atoms with Crippen molar-refractivity contribution in [3.05, 3.63) is 69.2 Å². The molecule has 1 atom stereocenters. The van der Waals surface area contributed by atoms with E-state index in [2.05, 4.69) is 21.2 Å². The molecule has 0 fully saturated rings. The predicted octanol–water partition coefficient (Wildman–Crippen LogP) is 4.93. The Morgan fingerprint density at radius 1 is 1.14 bits per heavy atom. The predicted molar refractivity (Wildman–Crippen MR) is 85.4 cm³/mol. The highest BCUT2D eigenvalue weighted by molar-refractivity contribution is 9.10. The van der Waals surface area contributed by atoms with E-state index in [0.29, 0.717) is 12.0 Å². The highest BCUT2D eigenvalue weighted by Crippen LogP contribution is 2.27. The van der Waals surface area contributed by atoms with Crippen molar-refractivity contribution in [3.63, 3.8) is 0 Å². The molecule has 0 saturated carbocycles. The molecule has 4 heteroatoms. The first-order chi connectivity index (χ1) is 10.0. The summed E-state index contributed by atoms with van der Waals surface area (Å²) in [7, 11) is 0. The first-order valence-electron chi connectivity index (χ1n) is 6.94. The lowest BCUT2D eigenvalue weighted by Gasteiger charge is -2.21. The van der Waals surface area contributed by atoms with Crippen LogP contribution >= 0.6 is 15.9 Å². The second kappa shape index (κ2) is 7.14. The molecule has 2 rings (SSSR count). The molecule has 2 aromatic rings. The second-order valence-electron chi connectivity index (χ2n) is 5.05. The topological polar surface area (TPSA) is 12.0 Å². The molecule has 112 valence electrons. The largest absolute Gasteiger partial charge is 0.310 e. The number of hydrogen-bond donors (Lipinski definition) is 1. The van der Waals surface area contributed by atoms with Crippen LogP contribution in [0.15, 0.2) is 40.9 Å². The SMILES string of the molecule is CCNC(Cc1cc(F)cc(F)c1)c1cccc(Br)c1C. The van der Waals surface area contributed by atoms with E-state index in [1.165, 1.54) is 12.1 Å². The van der Waals surface area contributed by atoms with Crippen molar-refractivity contribution in [2.45, 2.75) is 26.3 Å². The molecule has 0 aliphatic heterocycles. The summed E-state index contributed by atoms with van der Waals surface area (Å²) in [5, 5.41) is 3.39. The van der Waals surface area contributed by atoms with Crippen LogP contribution < -0.4 is 5.32 Å². The molecule has 0 radical (unpaired) electrons. The molecule has 0 aliphatic carbocycles. The van der Waals surface area contributed by atoms with Gasteiger partial charge >= 0.3 is 0 Å². The van der Waals surface area contributed by atoms with Crippen LogP contribution in [0.3, 0.4) is 0 Å². The molecule has 0 saturated heterocycles. The minimum absolute atomic E-state index is 0.0219. The molecule has 1 nitrogen and oxygen atoms in total. The Morgan fingerprint density at radius 2 is 1.81 bits per heavy atom. The van der Waals surface area contributed by atoms with Crippen LogP contribution in [0.25, 0.3) is 0 Å². The minimum atomic E-state index is -0.536. The number of likely N-dealkylation sites (N-methyl/N-ethyl adjacent to an activating group) is 1. The van der Waals surface area contributed by atoms with Crippen molar-refractivity contribution in [3.8, 4) is 0 Å². The van der Waals surface area contributed by atoms with Gasteiger partial charge in [0.2, 0.25) is 0 Å². The average molecular weight is 354 g/mol. The van der Waals surface area contributed by atoms with E-state index in [0.717, 1.165) is 28.2 Å². The van der Waals surface area contributed by atoms with Gasteiger partial charge in [0.15, 0.2) is 0 Å². The summed E-state index contributed by atoms with van der Waals surface area (Å²) < 4.78 is 27.7. The fourth-order valence-corrected chi connectivity index (χ4v) is 2.89. The molecule has 0 bridgehead atoms. The minimum Gasteiger partial charge on any atom is -0.310 e. The standard InChI is InChI=1S/C17H18BrF2N/c1-3-21-17(15-5-4-6-16(18)11(15)2)9-12-7-13(19)10-14(20)8-12/h4-8,10,17,21H,3,9H2,1-2H3. The average Bonchev–Trinajstić information content (AvgIpc) is 2.40. The normalized spacial score (nSPS) is 12.4. The van der Waals surface area contributed by atoms with E-state index in [-0.39, 0.29) is 6.04 Å². The molecule has 0 aromatic heterocycles. The maximum atomic E-state index is 13.3. The van der Waals surface area contributed by atoms with Crippen LogP contribution in [-0.4, -0.2) is 6.54 Å². The summed E-state index contributed by atoms with van der Waals surface area (Å²) in [6.07, 6.45) is 0.541. The first kappa shape index (κ1) is 16.1. The third-order valence-electron chi connectivity index (χ3n) is 3.50. The summed E-state index contributed by atoms with van der Waals surface area (Å²) in [5.41, 5.74) is 2.93. The van der Waals surface area contributed by atoms with Gasteiger partial charge in [-0.15, -0.1) is 0 Å². The van der Waals surface area contributed by atoms with Crippen LogP contribution in [0.1, 0.15) is 29.7 Å². The van der Waals surface area contributed by atoms with Gasteiger partial charge in [-0.1, -0.05) is 35.0 Å². The van der Waals surface area contributed by atoms with Gasteiger partial charge in [-0.3, -0.25) is 0 Å². The van der Waals surface area contributed by atoms with Crippen molar-refractivity contribution in [2.24, 2.45) is 0 Å². The Balaban J connectivity index is 2.32. The monoisotopic (exact) mass is 353 g/mol. The van der Waals surface area contributed by atoms with E-state index in [4.69, 9.17) is 0 Å². The van der Waals surface area contributed by atoms with E-state index in [1.807, 2.05) is 32.0 Å². The van der Waals surface area contributed by atoms with Crippen LogP contribution in [-0.2, 0) is 6.42 Å². The van der Waals surface area contributed by atoms with Crippen molar-refractivity contribution in [2.75, 3.05) is 6.54 Å². The van der Waals surface area contributed by atoms with Gasteiger partial charge in [0, 0.05) is 16.6 Å². The van der Waals surface area contributed by atoms with Gasteiger partial charge < -0.3 is 5.32 Å². The molecule has 0 amide bonds. The molecule has 0 spiro atoms. The van der Waals surface area contributed by atoms with Crippen molar-refractivity contribution in [1.82, 2.24) is 5.32 Å². The third kappa shape index (κ3) is 4.11. The lowest BCUT2D eigenvalue weighted by atomic mass is 9.95. The molecular formula is C17H18BrF2N. The smallest absolute Gasteiger partial charge is 0.126 e. The lowest BCUT2D eigenvalue weighted by Crippen LogP contribution is -2.24. The van der Waals surface area contributed by atoms with E-state index < -0.39 is 11.6 Å². The van der Waals surface area contributed by atoms with E-state index in [1.54, 1.807) is 0 Å². The van der Waals surface area contributed by atoms with Crippen LogP contribution in [0.2, 0.25) is 0 Å². The van der Waals surface area contributed by atoms with E-state index in [9.17, 15) is 8.78 Å². The third-order valence-corrected chi connectivity index (χ3v) is 4.36. The summed E-state index contributed by atoms with van der Waals surface area (Å²) in [6.45, 7) is 4.84. The van der Waals surface area contributed by atoms with Gasteiger partial charge in [-0.25, -0.2) is 8.78 Å². The Hall–Kier alpha value is -1.26. The molecule has 21 heavy (non-hydrogen) atoms. The number of benzene rings is 2. The van der Waals surface area contributed by atoms with Crippen molar-refractivity contribution in [1.29, 1.82) is 0 Å².